The Bertz CT molecular complexity index is 1070. The molecule has 2 aromatic heterocycles. The fraction of sp³-hybridized carbons (Fsp3) is 0.150. The average molecular weight is 429 g/mol. The van der Waals surface area contributed by atoms with Gasteiger partial charge in [0.15, 0.2) is 0 Å². The molecule has 0 atom stereocenters. The van der Waals surface area contributed by atoms with Gasteiger partial charge in [0.05, 0.1) is 4.90 Å². The highest BCUT2D eigenvalue weighted by Crippen LogP contribution is 2.25. The van der Waals surface area contributed by atoms with Gasteiger partial charge in [-0.2, -0.15) is 0 Å². The predicted octanol–water partition coefficient (Wildman–Crippen LogP) is 3.11. The normalized spacial score (nSPS) is 11.2. The maximum atomic E-state index is 12.3. The highest BCUT2D eigenvalue weighted by Gasteiger charge is 2.11. The zero-order valence-electron chi connectivity index (χ0n) is 15.7. The molecule has 0 saturated carbocycles. The lowest BCUT2D eigenvalue weighted by Crippen LogP contribution is -2.18. The molecule has 3 rings (SSSR count). The number of rotatable bonds is 8. The Kier molecular flexibility index (Phi) is 6.97. The van der Waals surface area contributed by atoms with Crippen molar-refractivity contribution in [2.24, 2.45) is 0 Å². The van der Waals surface area contributed by atoms with E-state index in [1.165, 1.54) is 30.9 Å². The molecule has 150 valence electrons. The van der Waals surface area contributed by atoms with Crippen molar-refractivity contribution < 1.29 is 13.2 Å². The highest BCUT2D eigenvalue weighted by atomic mass is 32.2. The van der Waals surface area contributed by atoms with E-state index < -0.39 is 10.0 Å². The smallest absolute Gasteiger partial charge is 0.240 e. The quantitative estimate of drug-likeness (QED) is 0.572. The number of aryl methyl sites for hydroxylation is 1. The number of amides is 1. The Hall–Kier alpha value is -2.75. The Morgan fingerprint density at radius 1 is 1.00 bits per heavy atom. The number of carbonyl (C=O) groups excluding carboxylic acids is 1. The summed E-state index contributed by atoms with van der Waals surface area (Å²) in [5.41, 5.74) is 1.55. The van der Waals surface area contributed by atoms with E-state index in [1.807, 2.05) is 18.2 Å². The minimum Gasteiger partial charge on any atom is -0.326 e. The Labute approximate surface area is 174 Å². The first-order chi connectivity index (χ1) is 14.0. The molecule has 0 aliphatic rings. The van der Waals surface area contributed by atoms with Gasteiger partial charge in [-0.3, -0.25) is 4.79 Å². The van der Waals surface area contributed by atoms with E-state index in [2.05, 4.69) is 20.0 Å². The van der Waals surface area contributed by atoms with Crippen molar-refractivity contribution >= 4 is 33.4 Å². The van der Waals surface area contributed by atoms with Crippen LogP contribution in [-0.2, 0) is 21.2 Å². The summed E-state index contributed by atoms with van der Waals surface area (Å²) in [4.78, 5) is 21.0. The van der Waals surface area contributed by atoms with Gasteiger partial charge in [-0.15, -0.1) is 0 Å². The van der Waals surface area contributed by atoms with Crippen LogP contribution in [0, 0.1) is 0 Å². The van der Waals surface area contributed by atoms with E-state index in [4.69, 9.17) is 0 Å². The number of pyridine rings is 2. The molecule has 0 spiro atoms. The second-order valence-corrected chi connectivity index (χ2v) is 8.98. The van der Waals surface area contributed by atoms with Gasteiger partial charge in [-0.25, -0.2) is 23.1 Å². The van der Waals surface area contributed by atoms with Gasteiger partial charge < -0.3 is 5.32 Å². The maximum Gasteiger partial charge on any atom is 0.240 e. The molecule has 7 nitrogen and oxygen atoms in total. The SMILES string of the molecule is CNS(=O)(=O)c1ccc(CCC(=O)Nc2ccnc(Sc3ccccn3)c2)cc1. The van der Waals surface area contributed by atoms with Crippen molar-refractivity contribution in [3.63, 3.8) is 0 Å². The fourth-order valence-electron chi connectivity index (χ4n) is 2.49. The number of hydrogen-bond donors (Lipinski definition) is 2. The van der Waals surface area contributed by atoms with Crippen LogP contribution >= 0.6 is 11.8 Å². The van der Waals surface area contributed by atoms with Crippen molar-refractivity contribution in [3.8, 4) is 0 Å². The number of aromatic nitrogens is 2. The minimum atomic E-state index is -3.46. The van der Waals surface area contributed by atoms with Crippen LogP contribution in [0.15, 0.2) is 81.9 Å². The van der Waals surface area contributed by atoms with Crippen LogP contribution < -0.4 is 10.0 Å². The van der Waals surface area contributed by atoms with E-state index >= 15 is 0 Å². The summed E-state index contributed by atoms with van der Waals surface area (Å²) in [7, 11) is -2.09. The molecule has 9 heteroatoms. The monoisotopic (exact) mass is 428 g/mol. The second-order valence-electron chi connectivity index (χ2n) is 6.05. The molecule has 0 bridgehead atoms. The number of hydrogen-bond acceptors (Lipinski definition) is 6. The lowest BCUT2D eigenvalue weighted by molar-refractivity contribution is -0.116. The molecule has 0 saturated heterocycles. The summed E-state index contributed by atoms with van der Waals surface area (Å²) >= 11 is 1.42. The maximum absolute atomic E-state index is 12.3. The van der Waals surface area contributed by atoms with Gasteiger partial charge in [-0.1, -0.05) is 30.0 Å². The third-order valence-electron chi connectivity index (χ3n) is 4.01. The van der Waals surface area contributed by atoms with Crippen LogP contribution in [0.25, 0.3) is 0 Å². The lowest BCUT2D eigenvalue weighted by atomic mass is 10.1. The van der Waals surface area contributed by atoms with E-state index in [1.54, 1.807) is 36.7 Å². The molecule has 0 radical (unpaired) electrons. The zero-order chi connectivity index (χ0) is 20.7. The van der Waals surface area contributed by atoms with E-state index in [0.29, 0.717) is 12.1 Å². The van der Waals surface area contributed by atoms with Gasteiger partial charge >= 0.3 is 0 Å². The van der Waals surface area contributed by atoms with Crippen LogP contribution in [-0.4, -0.2) is 31.3 Å². The molecule has 1 amide bonds. The van der Waals surface area contributed by atoms with E-state index in [9.17, 15) is 13.2 Å². The minimum absolute atomic E-state index is 0.128. The summed E-state index contributed by atoms with van der Waals surface area (Å²) in [5.74, 6) is -0.128. The first-order valence-corrected chi connectivity index (χ1v) is 11.1. The average Bonchev–Trinajstić information content (AvgIpc) is 2.73. The molecular weight excluding hydrogens is 408 g/mol. The topological polar surface area (TPSA) is 101 Å². The van der Waals surface area contributed by atoms with Crippen molar-refractivity contribution in [2.45, 2.75) is 27.8 Å². The van der Waals surface area contributed by atoms with Crippen LogP contribution in [0.3, 0.4) is 0 Å². The Morgan fingerprint density at radius 2 is 1.76 bits per heavy atom. The van der Waals surface area contributed by atoms with Crippen molar-refractivity contribution in [3.05, 3.63) is 72.6 Å². The summed E-state index contributed by atoms with van der Waals surface area (Å²) in [6.45, 7) is 0. The van der Waals surface area contributed by atoms with Gasteiger partial charge in [0.1, 0.15) is 10.1 Å². The number of benzene rings is 1. The van der Waals surface area contributed by atoms with Crippen LogP contribution in [0.2, 0.25) is 0 Å². The van der Waals surface area contributed by atoms with Gasteiger partial charge in [0.2, 0.25) is 15.9 Å². The Balaban J connectivity index is 1.55. The molecular formula is C20H20N4O3S2. The number of nitrogens with zero attached hydrogens (tertiary/aromatic N) is 2. The summed E-state index contributed by atoms with van der Waals surface area (Å²) < 4.78 is 25.7. The summed E-state index contributed by atoms with van der Waals surface area (Å²) in [6, 6.07) is 15.7. The fourth-order valence-corrected chi connectivity index (χ4v) is 4.00. The summed E-state index contributed by atoms with van der Waals surface area (Å²) in [5, 5.41) is 4.43. The first kappa shape index (κ1) is 21.0. The standard InChI is InChI=1S/C20H20N4O3S2/c1-21-29(26,27)17-8-5-15(6-9-17)7-10-18(25)24-16-11-13-23-20(14-16)28-19-4-2-3-12-22-19/h2-6,8-9,11-14,21H,7,10H2,1H3,(H,23,24,25). The molecule has 0 fully saturated rings. The number of anilines is 1. The Morgan fingerprint density at radius 3 is 2.45 bits per heavy atom. The molecule has 0 aliphatic heterocycles. The van der Waals surface area contributed by atoms with Crippen molar-refractivity contribution in [2.75, 3.05) is 12.4 Å². The molecule has 0 unspecified atom stereocenters. The number of carbonyl (C=O) groups is 1. The predicted molar refractivity (Wildman–Crippen MR) is 112 cm³/mol. The van der Waals surface area contributed by atoms with E-state index in [0.717, 1.165) is 15.6 Å². The largest absolute Gasteiger partial charge is 0.326 e. The zero-order valence-corrected chi connectivity index (χ0v) is 17.3. The number of nitrogens with one attached hydrogen (secondary N) is 2. The second kappa shape index (κ2) is 9.64. The molecule has 0 aliphatic carbocycles. The van der Waals surface area contributed by atoms with Crippen LogP contribution in [0.1, 0.15) is 12.0 Å². The van der Waals surface area contributed by atoms with Gasteiger partial charge in [0, 0.05) is 24.5 Å². The van der Waals surface area contributed by atoms with Crippen molar-refractivity contribution in [1.82, 2.24) is 14.7 Å². The highest BCUT2D eigenvalue weighted by molar-refractivity contribution is 7.99. The van der Waals surface area contributed by atoms with Crippen LogP contribution in [0.5, 0.6) is 0 Å². The molecule has 29 heavy (non-hydrogen) atoms. The third kappa shape index (κ3) is 6.11. The number of sulfonamides is 1. The molecule has 2 heterocycles. The first-order valence-electron chi connectivity index (χ1n) is 8.83. The van der Waals surface area contributed by atoms with Gasteiger partial charge in [0.25, 0.3) is 0 Å². The summed E-state index contributed by atoms with van der Waals surface area (Å²) in [6.07, 6.45) is 4.14. The lowest BCUT2D eigenvalue weighted by Gasteiger charge is -2.07. The van der Waals surface area contributed by atoms with E-state index in [-0.39, 0.29) is 17.2 Å². The molecule has 1 aromatic carbocycles. The third-order valence-corrected chi connectivity index (χ3v) is 6.32. The molecule has 3 aromatic rings. The molecule has 2 N–H and O–H groups in total. The van der Waals surface area contributed by atoms with Crippen molar-refractivity contribution in [1.29, 1.82) is 0 Å². The van der Waals surface area contributed by atoms with Gasteiger partial charge in [-0.05, 0) is 55.4 Å². The van der Waals surface area contributed by atoms with Crippen LogP contribution in [0.4, 0.5) is 5.69 Å².